The minimum absolute atomic E-state index is 0.690. The Labute approximate surface area is 102 Å². The van der Waals surface area contributed by atoms with Crippen molar-refractivity contribution in [2.45, 2.75) is 71.4 Å². The molecule has 0 aromatic carbocycles. The van der Waals surface area contributed by atoms with Gasteiger partial charge in [0.05, 0.1) is 0 Å². The number of hydrogen-bond donors (Lipinski definition) is 1. The molecule has 16 heavy (non-hydrogen) atoms. The lowest BCUT2D eigenvalue weighted by atomic mass is 10.0. The van der Waals surface area contributed by atoms with Gasteiger partial charge in [0.1, 0.15) is 0 Å². The first-order valence-electron chi connectivity index (χ1n) is 7.25. The Bertz CT molecular complexity index is 170. The van der Waals surface area contributed by atoms with Crippen molar-refractivity contribution in [1.29, 1.82) is 0 Å². The molecule has 1 N–H and O–H groups in total. The fourth-order valence-corrected chi connectivity index (χ4v) is 2.81. The van der Waals surface area contributed by atoms with Crippen molar-refractivity contribution in [1.82, 2.24) is 10.2 Å². The van der Waals surface area contributed by atoms with Gasteiger partial charge in [0, 0.05) is 25.2 Å². The van der Waals surface area contributed by atoms with Crippen LogP contribution in [-0.2, 0) is 0 Å². The molecule has 0 aromatic rings. The molecule has 0 aliphatic carbocycles. The molecule has 0 saturated carbocycles. The number of rotatable bonds is 7. The van der Waals surface area contributed by atoms with Crippen LogP contribution in [0, 0.1) is 0 Å². The van der Waals surface area contributed by atoms with Crippen LogP contribution in [0.2, 0.25) is 0 Å². The average Bonchev–Trinajstić information content (AvgIpc) is 2.30. The zero-order valence-electron chi connectivity index (χ0n) is 11.5. The molecule has 2 heteroatoms. The Morgan fingerprint density at radius 1 is 1.31 bits per heavy atom. The van der Waals surface area contributed by atoms with Gasteiger partial charge in [-0.1, -0.05) is 26.7 Å². The van der Waals surface area contributed by atoms with Crippen LogP contribution in [0.1, 0.15) is 59.3 Å². The molecule has 2 unspecified atom stereocenters. The Morgan fingerprint density at radius 3 is 2.81 bits per heavy atom. The van der Waals surface area contributed by atoms with Crippen LogP contribution in [0.3, 0.4) is 0 Å². The van der Waals surface area contributed by atoms with Gasteiger partial charge in [0.15, 0.2) is 0 Å². The molecule has 96 valence electrons. The highest BCUT2D eigenvalue weighted by atomic mass is 15.2. The summed E-state index contributed by atoms with van der Waals surface area (Å²) in [6, 6.07) is 1.55. The van der Waals surface area contributed by atoms with E-state index in [9.17, 15) is 0 Å². The molecule has 2 nitrogen and oxygen atoms in total. The van der Waals surface area contributed by atoms with E-state index in [-0.39, 0.29) is 0 Å². The highest BCUT2D eigenvalue weighted by molar-refractivity contribution is 4.76. The Balaban J connectivity index is 2.15. The van der Waals surface area contributed by atoms with E-state index in [4.69, 9.17) is 0 Å². The second-order valence-corrected chi connectivity index (χ2v) is 5.24. The van der Waals surface area contributed by atoms with Gasteiger partial charge in [-0.15, -0.1) is 0 Å². The first-order chi connectivity index (χ1) is 7.77. The number of hydrogen-bond acceptors (Lipinski definition) is 2. The monoisotopic (exact) mass is 226 g/mol. The molecule has 0 amide bonds. The first kappa shape index (κ1) is 14.0. The molecule has 1 aliphatic rings. The van der Waals surface area contributed by atoms with Gasteiger partial charge in [0.25, 0.3) is 0 Å². The molecular weight excluding hydrogens is 196 g/mol. The van der Waals surface area contributed by atoms with Gasteiger partial charge in [-0.3, -0.25) is 4.90 Å². The van der Waals surface area contributed by atoms with Gasteiger partial charge in [-0.05, 0) is 39.2 Å². The fraction of sp³-hybridized carbons (Fsp3) is 1.00. The number of nitrogens with zero attached hydrogens (tertiary/aromatic N) is 1. The maximum Gasteiger partial charge on any atom is 0.0110 e. The summed E-state index contributed by atoms with van der Waals surface area (Å²) >= 11 is 0. The smallest absolute Gasteiger partial charge is 0.0110 e. The number of likely N-dealkylation sites (tertiary alicyclic amines) is 1. The summed E-state index contributed by atoms with van der Waals surface area (Å²) in [6.45, 7) is 10.6. The molecule has 0 radical (unpaired) electrons. The number of piperidine rings is 1. The van der Waals surface area contributed by atoms with Crippen LogP contribution in [0.25, 0.3) is 0 Å². The van der Waals surface area contributed by atoms with Crippen LogP contribution in [0.4, 0.5) is 0 Å². The third kappa shape index (κ3) is 4.84. The second kappa shape index (κ2) is 8.08. The van der Waals surface area contributed by atoms with Crippen LogP contribution in [0.5, 0.6) is 0 Å². The predicted molar refractivity (Wildman–Crippen MR) is 71.9 cm³/mol. The summed E-state index contributed by atoms with van der Waals surface area (Å²) in [6.07, 6.45) is 8.17. The van der Waals surface area contributed by atoms with Crippen molar-refractivity contribution in [3.05, 3.63) is 0 Å². The first-order valence-corrected chi connectivity index (χ1v) is 7.25. The third-order valence-electron chi connectivity index (χ3n) is 3.83. The largest absolute Gasteiger partial charge is 0.313 e. The highest BCUT2D eigenvalue weighted by Gasteiger charge is 2.19. The lowest BCUT2D eigenvalue weighted by molar-refractivity contribution is 0.143. The normalized spacial score (nSPS) is 24.6. The molecule has 0 bridgehead atoms. The van der Waals surface area contributed by atoms with Crippen molar-refractivity contribution in [3.8, 4) is 0 Å². The molecule has 1 heterocycles. The van der Waals surface area contributed by atoms with Crippen molar-refractivity contribution in [3.63, 3.8) is 0 Å². The molecule has 0 aromatic heterocycles. The summed E-state index contributed by atoms with van der Waals surface area (Å²) < 4.78 is 0. The molecule has 1 saturated heterocycles. The van der Waals surface area contributed by atoms with E-state index in [0.29, 0.717) is 6.04 Å². The van der Waals surface area contributed by atoms with E-state index >= 15 is 0 Å². The quantitative estimate of drug-likeness (QED) is 0.718. The van der Waals surface area contributed by atoms with E-state index in [1.54, 1.807) is 0 Å². The Hall–Kier alpha value is -0.0800. The van der Waals surface area contributed by atoms with Crippen molar-refractivity contribution >= 4 is 0 Å². The maximum absolute atomic E-state index is 3.63. The molecule has 2 atom stereocenters. The van der Waals surface area contributed by atoms with E-state index < -0.39 is 0 Å². The summed E-state index contributed by atoms with van der Waals surface area (Å²) in [5, 5.41) is 3.63. The van der Waals surface area contributed by atoms with Crippen LogP contribution >= 0.6 is 0 Å². The standard InChI is InChI=1S/C14H30N2/c1-4-8-13(3)15-10-12-16-11-7-6-9-14(16)5-2/h13-15H,4-12H2,1-3H3. The fourth-order valence-electron chi connectivity index (χ4n) is 2.81. The summed E-state index contributed by atoms with van der Waals surface area (Å²) in [4.78, 5) is 2.69. The van der Waals surface area contributed by atoms with Gasteiger partial charge < -0.3 is 5.32 Å². The number of nitrogens with one attached hydrogen (secondary N) is 1. The lowest BCUT2D eigenvalue weighted by Crippen LogP contribution is -2.43. The van der Waals surface area contributed by atoms with Crippen LogP contribution < -0.4 is 5.32 Å². The Morgan fingerprint density at radius 2 is 2.12 bits per heavy atom. The molecular formula is C14H30N2. The van der Waals surface area contributed by atoms with Gasteiger partial charge in [-0.2, -0.15) is 0 Å². The van der Waals surface area contributed by atoms with Crippen molar-refractivity contribution in [2.75, 3.05) is 19.6 Å². The van der Waals surface area contributed by atoms with Crippen LogP contribution in [0.15, 0.2) is 0 Å². The second-order valence-electron chi connectivity index (χ2n) is 5.24. The van der Waals surface area contributed by atoms with Crippen molar-refractivity contribution < 1.29 is 0 Å². The Kier molecular flexibility index (Phi) is 7.06. The van der Waals surface area contributed by atoms with E-state index in [1.165, 1.54) is 51.6 Å². The topological polar surface area (TPSA) is 15.3 Å². The lowest BCUT2D eigenvalue weighted by Gasteiger charge is -2.35. The third-order valence-corrected chi connectivity index (χ3v) is 3.83. The molecule has 1 rings (SSSR count). The van der Waals surface area contributed by atoms with E-state index in [2.05, 4.69) is 31.0 Å². The minimum Gasteiger partial charge on any atom is -0.313 e. The summed E-state index contributed by atoms with van der Waals surface area (Å²) in [5.74, 6) is 0. The van der Waals surface area contributed by atoms with Gasteiger partial charge >= 0.3 is 0 Å². The maximum atomic E-state index is 3.63. The van der Waals surface area contributed by atoms with Gasteiger partial charge in [0.2, 0.25) is 0 Å². The zero-order chi connectivity index (χ0) is 11.8. The SMILES string of the molecule is CCCC(C)NCCN1CCCCC1CC. The van der Waals surface area contributed by atoms with E-state index in [1.807, 2.05) is 0 Å². The summed E-state index contributed by atoms with van der Waals surface area (Å²) in [5.41, 5.74) is 0. The highest BCUT2D eigenvalue weighted by Crippen LogP contribution is 2.18. The predicted octanol–water partition coefficient (Wildman–Crippen LogP) is 3.03. The average molecular weight is 226 g/mol. The summed E-state index contributed by atoms with van der Waals surface area (Å²) in [7, 11) is 0. The molecule has 1 aliphatic heterocycles. The minimum atomic E-state index is 0.690. The molecule has 1 fully saturated rings. The van der Waals surface area contributed by atoms with Crippen LogP contribution in [-0.4, -0.2) is 36.6 Å². The molecule has 0 spiro atoms. The van der Waals surface area contributed by atoms with Gasteiger partial charge in [-0.25, -0.2) is 0 Å². The van der Waals surface area contributed by atoms with E-state index in [0.717, 1.165) is 12.6 Å². The van der Waals surface area contributed by atoms with Crippen molar-refractivity contribution in [2.24, 2.45) is 0 Å². The zero-order valence-corrected chi connectivity index (χ0v) is 11.5.